The van der Waals surface area contributed by atoms with Crippen molar-refractivity contribution in [3.63, 3.8) is 0 Å². The molecule has 4 nitrogen and oxygen atoms in total. The number of H-pyrrole nitrogens is 1. The Morgan fingerprint density at radius 3 is 3.00 bits per heavy atom. The lowest BCUT2D eigenvalue weighted by Gasteiger charge is -2.15. The van der Waals surface area contributed by atoms with E-state index in [1.54, 1.807) is 0 Å². The van der Waals surface area contributed by atoms with Crippen LogP contribution in [0.25, 0.3) is 10.9 Å². The van der Waals surface area contributed by atoms with E-state index >= 15 is 0 Å². The Labute approximate surface area is 111 Å². The summed E-state index contributed by atoms with van der Waals surface area (Å²) in [5, 5.41) is 8.64. The smallest absolute Gasteiger partial charge is 0.200 e. The van der Waals surface area contributed by atoms with Crippen molar-refractivity contribution < 1.29 is 9.47 Å². The maximum Gasteiger partial charge on any atom is 0.200 e. The van der Waals surface area contributed by atoms with Crippen LogP contribution in [-0.2, 0) is 4.74 Å². The van der Waals surface area contributed by atoms with Gasteiger partial charge in [-0.25, -0.2) is 0 Å². The van der Waals surface area contributed by atoms with Gasteiger partial charge in [-0.15, -0.1) is 0 Å². The van der Waals surface area contributed by atoms with Crippen LogP contribution in [0.2, 0.25) is 0 Å². The minimum absolute atomic E-state index is 0.246. The molecule has 0 bridgehead atoms. The highest BCUT2D eigenvalue weighted by Gasteiger charge is 2.12. The van der Waals surface area contributed by atoms with Crippen molar-refractivity contribution in [3.8, 4) is 5.75 Å². The number of aromatic nitrogens is 2. The van der Waals surface area contributed by atoms with Gasteiger partial charge in [-0.2, -0.15) is 5.10 Å². The van der Waals surface area contributed by atoms with Gasteiger partial charge in [-0.3, -0.25) is 5.10 Å². The van der Waals surface area contributed by atoms with Crippen LogP contribution in [0.4, 0.5) is 0 Å². The molecule has 0 radical (unpaired) electrons. The molecule has 0 aliphatic carbocycles. The number of rotatable bonds is 4. The summed E-state index contributed by atoms with van der Waals surface area (Å²) < 4.78 is 11.0. The molecule has 18 heavy (non-hydrogen) atoms. The first-order chi connectivity index (χ1) is 8.61. The molecule has 1 unspecified atom stereocenters. The molecule has 96 valence electrons. The molecule has 1 aromatic carbocycles. The van der Waals surface area contributed by atoms with E-state index in [0.717, 1.165) is 22.3 Å². The second-order valence-electron chi connectivity index (χ2n) is 4.03. The molecule has 0 saturated heterocycles. The third kappa shape index (κ3) is 2.61. The quantitative estimate of drug-likeness (QED) is 0.862. The Morgan fingerprint density at radius 1 is 1.50 bits per heavy atom. The summed E-state index contributed by atoms with van der Waals surface area (Å²) >= 11 is 5.11. The van der Waals surface area contributed by atoms with Crippen molar-refractivity contribution >= 4 is 28.2 Å². The molecule has 5 heteroatoms. The molecule has 2 rings (SSSR count). The van der Waals surface area contributed by atoms with Gasteiger partial charge in [0.1, 0.15) is 5.75 Å². The number of aryl methyl sites for hydroxylation is 1. The molecular weight excluding hydrogens is 248 g/mol. The van der Waals surface area contributed by atoms with Gasteiger partial charge in [0.2, 0.25) is 5.05 Å². The van der Waals surface area contributed by atoms with Gasteiger partial charge in [0, 0.05) is 5.39 Å². The average molecular weight is 264 g/mol. The van der Waals surface area contributed by atoms with Gasteiger partial charge in [0.25, 0.3) is 0 Å². The van der Waals surface area contributed by atoms with Crippen LogP contribution in [0.15, 0.2) is 18.2 Å². The molecule has 0 amide bonds. The Morgan fingerprint density at radius 2 is 2.28 bits per heavy atom. The zero-order valence-corrected chi connectivity index (χ0v) is 11.5. The highest BCUT2D eigenvalue weighted by Crippen LogP contribution is 2.22. The van der Waals surface area contributed by atoms with Crippen molar-refractivity contribution in [1.82, 2.24) is 10.2 Å². The number of hydrogen-bond acceptors (Lipinski definition) is 4. The SMILES string of the molecule is CCOC(=S)C(C)Oc1ccc2[nH]nc(C)c2c1. The number of fused-ring (bicyclic) bond motifs is 1. The van der Waals surface area contributed by atoms with Crippen molar-refractivity contribution in [2.45, 2.75) is 26.9 Å². The van der Waals surface area contributed by atoms with E-state index in [-0.39, 0.29) is 6.10 Å². The third-order valence-corrected chi connectivity index (χ3v) is 3.11. The lowest BCUT2D eigenvalue weighted by Crippen LogP contribution is -2.24. The number of nitrogens with zero attached hydrogens (tertiary/aromatic N) is 1. The van der Waals surface area contributed by atoms with Crippen LogP contribution < -0.4 is 4.74 Å². The lowest BCUT2D eigenvalue weighted by atomic mass is 10.2. The summed E-state index contributed by atoms with van der Waals surface area (Å²) in [6.45, 7) is 6.30. The van der Waals surface area contributed by atoms with Gasteiger partial charge in [0.05, 0.1) is 17.8 Å². The van der Waals surface area contributed by atoms with Crippen LogP contribution in [0.1, 0.15) is 19.5 Å². The van der Waals surface area contributed by atoms with Gasteiger partial charge >= 0.3 is 0 Å². The van der Waals surface area contributed by atoms with E-state index in [2.05, 4.69) is 10.2 Å². The van der Waals surface area contributed by atoms with Crippen LogP contribution in [-0.4, -0.2) is 28.0 Å². The number of nitrogens with one attached hydrogen (secondary N) is 1. The van der Waals surface area contributed by atoms with Crippen molar-refractivity contribution in [3.05, 3.63) is 23.9 Å². The Balaban J connectivity index is 2.16. The summed E-state index contributed by atoms with van der Waals surface area (Å²) in [5.74, 6) is 0.765. The highest BCUT2D eigenvalue weighted by atomic mass is 32.1. The molecule has 1 N–H and O–H groups in total. The van der Waals surface area contributed by atoms with E-state index in [1.165, 1.54) is 0 Å². The molecule has 0 spiro atoms. The summed E-state index contributed by atoms with van der Waals surface area (Å²) in [5.41, 5.74) is 1.95. The van der Waals surface area contributed by atoms with Crippen LogP contribution in [0.5, 0.6) is 5.75 Å². The zero-order valence-electron chi connectivity index (χ0n) is 10.7. The number of benzene rings is 1. The molecule has 1 aromatic heterocycles. The van der Waals surface area contributed by atoms with E-state index in [4.69, 9.17) is 21.7 Å². The molecule has 1 atom stereocenters. The highest BCUT2D eigenvalue weighted by molar-refractivity contribution is 7.80. The maximum absolute atomic E-state index is 5.75. The van der Waals surface area contributed by atoms with Gasteiger partial charge in [0.15, 0.2) is 6.10 Å². The first kappa shape index (κ1) is 12.8. The van der Waals surface area contributed by atoms with Gasteiger partial charge < -0.3 is 9.47 Å². The lowest BCUT2D eigenvalue weighted by molar-refractivity contribution is 0.230. The second kappa shape index (κ2) is 5.35. The largest absolute Gasteiger partial charge is 0.484 e. The molecular formula is C13H16N2O2S. The number of ether oxygens (including phenoxy) is 2. The first-order valence-corrected chi connectivity index (χ1v) is 6.30. The first-order valence-electron chi connectivity index (χ1n) is 5.90. The van der Waals surface area contributed by atoms with Gasteiger partial charge in [-0.05, 0) is 51.2 Å². The fourth-order valence-electron chi connectivity index (χ4n) is 1.71. The minimum Gasteiger partial charge on any atom is -0.484 e. The summed E-state index contributed by atoms with van der Waals surface area (Å²) in [6, 6.07) is 5.80. The van der Waals surface area contributed by atoms with Crippen molar-refractivity contribution in [2.24, 2.45) is 0 Å². The van der Waals surface area contributed by atoms with Crippen LogP contribution in [0, 0.1) is 6.92 Å². The fourth-order valence-corrected chi connectivity index (χ4v) is 1.88. The van der Waals surface area contributed by atoms with Crippen molar-refractivity contribution in [2.75, 3.05) is 6.61 Å². The molecule has 1 heterocycles. The minimum atomic E-state index is -0.246. The standard InChI is InChI=1S/C13H16N2O2S/c1-4-16-13(18)9(3)17-10-5-6-12-11(7-10)8(2)14-15-12/h5-7,9H,4H2,1-3H3,(H,14,15). The topological polar surface area (TPSA) is 47.1 Å². The van der Waals surface area contributed by atoms with E-state index in [0.29, 0.717) is 11.7 Å². The van der Waals surface area contributed by atoms with Gasteiger partial charge in [-0.1, -0.05) is 0 Å². The van der Waals surface area contributed by atoms with Crippen LogP contribution >= 0.6 is 12.2 Å². The number of aromatic amines is 1. The van der Waals surface area contributed by atoms with E-state index < -0.39 is 0 Å². The molecule has 0 saturated carbocycles. The van der Waals surface area contributed by atoms with Crippen molar-refractivity contribution in [1.29, 1.82) is 0 Å². The third-order valence-electron chi connectivity index (χ3n) is 2.66. The summed E-state index contributed by atoms with van der Waals surface area (Å²) in [4.78, 5) is 0. The summed E-state index contributed by atoms with van der Waals surface area (Å²) in [7, 11) is 0. The van der Waals surface area contributed by atoms with E-state index in [9.17, 15) is 0 Å². The normalized spacial score (nSPS) is 12.4. The predicted molar refractivity (Wildman–Crippen MR) is 75.1 cm³/mol. The van der Waals surface area contributed by atoms with Crippen LogP contribution in [0.3, 0.4) is 0 Å². The Kier molecular flexibility index (Phi) is 3.81. The Hall–Kier alpha value is -1.62. The summed E-state index contributed by atoms with van der Waals surface area (Å²) in [6.07, 6.45) is -0.246. The zero-order chi connectivity index (χ0) is 13.1. The molecule has 0 aliphatic heterocycles. The molecule has 0 fully saturated rings. The number of hydrogen-bond donors (Lipinski definition) is 1. The Bertz CT molecular complexity index is 565. The molecule has 0 aliphatic rings. The maximum atomic E-state index is 5.75. The monoisotopic (exact) mass is 264 g/mol. The van der Waals surface area contributed by atoms with E-state index in [1.807, 2.05) is 39.0 Å². The predicted octanol–water partition coefficient (Wildman–Crippen LogP) is 3.00. The molecule has 2 aromatic rings. The fraction of sp³-hybridized carbons (Fsp3) is 0.385. The average Bonchev–Trinajstić information content (AvgIpc) is 2.71. The second-order valence-corrected chi connectivity index (χ2v) is 4.43. The number of thiocarbonyl (C=S) groups is 1.